The molecule has 0 atom stereocenters. The van der Waals surface area contributed by atoms with Crippen molar-refractivity contribution in [2.75, 3.05) is 13.1 Å². The second kappa shape index (κ2) is 6.20. The predicted molar refractivity (Wildman–Crippen MR) is 78.1 cm³/mol. The minimum Gasteiger partial charge on any atom is -0.351 e. The van der Waals surface area contributed by atoms with Gasteiger partial charge in [-0.1, -0.05) is 25.5 Å². The van der Waals surface area contributed by atoms with E-state index in [4.69, 9.17) is 5.73 Å². The van der Waals surface area contributed by atoms with E-state index in [1.54, 1.807) is 0 Å². The molecule has 0 unspecified atom stereocenters. The summed E-state index contributed by atoms with van der Waals surface area (Å²) >= 11 is 0. The largest absolute Gasteiger partial charge is 0.351 e. The Hall–Kier alpha value is -1.35. The fourth-order valence-corrected chi connectivity index (χ4v) is 2.63. The van der Waals surface area contributed by atoms with Crippen LogP contribution in [0.4, 0.5) is 0 Å². The van der Waals surface area contributed by atoms with E-state index in [2.05, 4.69) is 12.2 Å². The minimum atomic E-state index is 0.0428. The summed E-state index contributed by atoms with van der Waals surface area (Å²) in [5.41, 5.74) is 7.82. The number of nitrogens with one attached hydrogen (secondary N) is 1. The van der Waals surface area contributed by atoms with E-state index in [1.807, 2.05) is 24.3 Å². The van der Waals surface area contributed by atoms with Crippen LogP contribution in [0.2, 0.25) is 0 Å². The molecular weight excluding hydrogens is 236 g/mol. The number of carbonyl (C=O) groups excluding carboxylic acids is 1. The number of hydrogen-bond acceptors (Lipinski definition) is 2. The van der Waals surface area contributed by atoms with Crippen molar-refractivity contribution in [2.24, 2.45) is 11.1 Å². The molecule has 1 amide bonds. The lowest BCUT2D eigenvalue weighted by Crippen LogP contribution is -2.30. The molecule has 0 saturated heterocycles. The quantitative estimate of drug-likeness (QED) is 0.791. The zero-order chi connectivity index (χ0) is 13.7. The van der Waals surface area contributed by atoms with E-state index < -0.39 is 0 Å². The molecule has 1 aliphatic carbocycles. The molecule has 2 rings (SSSR count). The van der Waals surface area contributed by atoms with Crippen molar-refractivity contribution in [2.45, 2.75) is 39.0 Å². The summed E-state index contributed by atoms with van der Waals surface area (Å²) in [5, 5.41) is 3.09. The van der Waals surface area contributed by atoms with Crippen LogP contribution in [0.15, 0.2) is 24.3 Å². The van der Waals surface area contributed by atoms with Crippen LogP contribution in [0.5, 0.6) is 0 Å². The topological polar surface area (TPSA) is 55.1 Å². The van der Waals surface area contributed by atoms with E-state index in [0.717, 1.165) is 24.1 Å². The first-order valence-corrected chi connectivity index (χ1v) is 7.26. The lowest BCUT2D eigenvalue weighted by Gasteiger charge is -2.15. The van der Waals surface area contributed by atoms with Gasteiger partial charge in [-0.05, 0) is 55.3 Å². The third-order valence-corrected chi connectivity index (χ3v) is 3.98. The number of amides is 1. The Morgan fingerprint density at radius 3 is 2.84 bits per heavy atom. The van der Waals surface area contributed by atoms with Crippen molar-refractivity contribution >= 4 is 5.91 Å². The average molecular weight is 260 g/mol. The van der Waals surface area contributed by atoms with Crippen molar-refractivity contribution < 1.29 is 4.79 Å². The van der Waals surface area contributed by atoms with E-state index >= 15 is 0 Å². The molecule has 1 aliphatic rings. The lowest BCUT2D eigenvalue weighted by molar-refractivity contribution is 0.0943. The van der Waals surface area contributed by atoms with Gasteiger partial charge in [0.05, 0.1) is 0 Å². The fraction of sp³-hybridized carbons (Fsp3) is 0.562. The molecule has 1 fully saturated rings. The summed E-state index contributed by atoms with van der Waals surface area (Å²) in [7, 11) is 0. The highest BCUT2D eigenvalue weighted by atomic mass is 16.1. The van der Waals surface area contributed by atoms with Crippen molar-refractivity contribution in [1.29, 1.82) is 0 Å². The third kappa shape index (κ3) is 3.80. The Morgan fingerprint density at radius 1 is 1.42 bits per heavy atom. The molecule has 0 bridgehead atoms. The molecule has 1 saturated carbocycles. The van der Waals surface area contributed by atoms with Crippen LogP contribution < -0.4 is 11.1 Å². The highest BCUT2D eigenvalue weighted by Crippen LogP contribution is 2.48. The van der Waals surface area contributed by atoms with Gasteiger partial charge >= 0.3 is 0 Å². The van der Waals surface area contributed by atoms with E-state index in [1.165, 1.54) is 25.7 Å². The lowest BCUT2D eigenvalue weighted by atomic mass is 10.0. The standard InChI is InChI=1S/C16H24N2O/c1-2-7-16(8-9-16)12-18-15(19)14-5-3-4-13(11-14)6-10-17/h3-5,11H,2,6-10,12,17H2,1H3,(H,18,19). The van der Waals surface area contributed by atoms with Crippen LogP contribution in [0, 0.1) is 5.41 Å². The monoisotopic (exact) mass is 260 g/mol. The van der Waals surface area contributed by atoms with Crippen LogP contribution in [-0.2, 0) is 6.42 Å². The molecule has 1 aromatic carbocycles. The summed E-state index contributed by atoms with van der Waals surface area (Å²) in [4.78, 5) is 12.1. The van der Waals surface area contributed by atoms with Gasteiger partial charge in [0.25, 0.3) is 5.91 Å². The van der Waals surface area contributed by atoms with Crippen LogP contribution in [0.25, 0.3) is 0 Å². The second-order valence-electron chi connectivity index (χ2n) is 5.67. The molecule has 0 aliphatic heterocycles. The third-order valence-electron chi connectivity index (χ3n) is 3.98. The smallest absolute Gasteiger partial charge is 0.251 e. The summed E-state index contributed by atoms with van der Waals surface area (Å²) in [6.45, 7) is 3.64. The van der Waals surface area contributed by atoms with Gasteiger partial charge in [0, 0.05) is 12.1 Å². The summed E-state index contributed by atoms with van der Waals surface area (Å²) in [6, 6.07) is 7.76. The van der Waals surface area contributed by atoms with Gasteiger partial charge in [0.15, 0.2) is 0 Å². The van der Waals surface area contributed by atoms with Gasteiger partial charge in [-0.15, -0.1) is 0 Å². The molecule has 3 N–H and O–H groups in total. The zero-order valence-corrected chi connectivity index (χ0v) is 11.7. The molecule has 104 valence electrons. The predicted octanol–water partition coefficient (Wildman–Crippen LogP) is 2.50. The van der Waals surface area contributed by atoms with Crippen molar-refractivity contribution in [3.8, 4) is 0 Å². The van der Waals surface area contributed by atoms with E-state index in [9.17, 15) is 4.79 Å². The summed E-state index contributed by atoms with van der Waals surface area (Å²) < 4.78 is 0. The van der Waals surface area contributed by atoms with Gasteiger partial charge in [-0.3, -0.25) is 4.79 Å². The van der Waals surface area contributed by atoms with Crippen molar-refractivity contribution in [1.82, 2.24) is 5.32 Å². The first-order valence-electron chi connectivity index (χ1n) is 7.26. The number of hydrogen-bond donors (Lipinski definition) is 2. The first kappa shape index (κ1) is 14.1. The fourth-order valence-electron chi connectivity index (χ4n) is 2.63. The molecule has 1 aromatic rings. The normalized spacial score (nSPS) is 16.1. The molecule has 19 heavy (non-hydrogen) atoms. The Bertz CT molecular complexity index is 438. The van der Waals surface area contributed by atoms with Gasteiger partial charge in [-0.2, -0.15) is 0 Å². The molecule has 0 radical (unpaired) electrons. The molecule has 0 heterocycles. The Morgan fingerprint density at radius 2 is 2.21 bits per heavy atom. The summed E-state index contributed by atoms with van der Waals surface area (Å²) in [5.74, 6) is 0.0428. The highest BCUT2D eigenvalue weighted by Gasteiger charge is 2.41. The number of benzene rings is 1. The zero-order valence-electron chi connectivity index (χ0n) is 11.7. The van der Waals surface area contributed by atoms with E-state index in [-0.39, 0.29) is 5.91 Å². The second-order valence-corrected chi connectivity index (χ2v) is 5.67. The van der Waals surface area contributed by atoms with Crippen LogP contribution in [0.3, 0.4) is 0 Å². The van der Waals surface area contributed by atoms with E-state index in [0.29, 0.717) is 12.0 Å². The Kier molecular flexibility index (Phi) is 4.59. The maximum absolute atomic E-state index is 12.1. The molecule has 0 spiro atoms. The van der Waals surface area contributed by atoms with Gasteiger partial charge in [-0.25, -0.2) is 0 Å². The van der Waals surface area contributed by atoms with Crippen LogP contribution in [-0.4, -0.2) is 19.0 Å². The molecule has 0 aromatic heterocycles. The minimum absolute atomic E-state index is 0.0428. The SMILES string of the molecule is CCCC1(CNC(=O)c2cccc(CCN)c2)CC1. The molecule has 3 heteroatoms. The Labute approximate surface area is 115 Å². The summed E-state index contributed by atoms with van der Waals surface area (Å²) in [6.07, 6.45) is 5.76. The average Bonchev–Trinajstić information content (AvgIpc) is 3.17. The number of rotatable bonds is 7. The maximum atomic E-state index is 12.1. The van der Waals surface area contributed by atoms with Crippen LogP contribution in [0.1, 0.15) is 48.5 Å². The maximum Gasteiger partial charge on any atom is 0.251 e. The van der Waals surface area contributed by atoms with Gasteiger partial charge in [0.2, 0.25) is 0 Å². The van der Waals surface area contributed by atoms with Crippen LogP contribution >= 0.6 is 0 Å². The Balaban J connectivity index is 1.91. The highest BCUT2D eigenvalue weighted by molar-refractivity contribution is 5.94. The van der Waals surface area contributed by atoms with Gasteiger partial charge < -0.3 is 11.1 Å². The molecular formula is C16H24N2O. The molecule has 3 nitrogen and oxygen atoms in total. The number of carbonyl (C=O) groups is 1. The number of nitrogens with two attached hydrogens (primary N) is 1. The van der Waals surface area contributed by atoms with Gasteiger partial charge in [0.1, 0.15) is 0 Å². The van der Waals surface area contributed by atoms with Crippen molar-refractivity contribution in [3.63, 3.8) is 0 Å². The van der Waals surface area contributed by atoms with Crippen molar-refractivity contribution in [3.05, 3.63) is 35.4 Å². The first-order chi connectivity index (χ1) is 9.19.